The molecule has 162 valence electrons. The molecule has 2 fully saturated rings. The molecule has 1 spiro atoms. The molecular formula is C21H22F3N7. The van der Waals surface area contributed by atoms with Gasteiger partial charge in [-0.3, -0.25) is 4.98 Å². The maximum atomic E-state index is 13.0. The predicted octanol–water partition coefficient (Wildman–Crippen LogP) is 3.53. The number of alkyl halides is 3. The summed E-state index contributed by atoms with van der Waals surface area (Å²) in [4.78, 5) is 16.9. The van der Waals surface area contributed by atoms with Gasteiger partial charge in [-0.15, -0.1) is 0 Å². The number of anilines is 2. The molecule has 0 aliphatic carbocycles. The Balaban J connectivity index is 1.30. The summed E-state index contributed by atoms with van der Waals surface area (Å²) in [5, 5.41) is 4.35. The Morgan fingerprint density at radius 3 is 2.68 bits per heavy atom. The van der Waals surface area contributed by atoms with Gasteiger partial charge in [-0.1, -0.05) is 12.2 Å². The minimum absolute atomic E-state index is 0.0518. The van der Waals surface area contributed by atoms with Crippen molar-refractivity contribution in [3.63, 3.8) is 0 Å². The zero-order chi connectivity index (χ0) is 21.8. The molecule has 0 aromatic carbocycles. The van der Waals surface area contributed by atoms with Gasteiger partial charge in [0.1, 0.15) is 17.0 Å². The Kier molecular flexibility index (Phi) is 4.42. The first-order valence-electron chi connectivity index (χ1n) is 10.1. The van der Waals surface area contributed by atoms with E-state index in [1.807, 2.05) is 11.8 Å². The Bertz CT molecular complexity index is 1150. The molecule has 0 unspecified atom stereocenters. The van der Waals surface area contributed by atoms with Crippen molar-refractivity contribution in [2.75, 3.05) is 36.0 Å². The molecule has 3 aromatic heterocycles. The lowest BCUT2D eigenvalue weighted by Gasteiger charge is -2.49. The SMILES string of the molecule is C=C(C)Cn1ncc2ncc(N3CCC4(CN(c5ccnc(C(F)(F)F)c5)C4)C3)nc21. The Hall–Kier alpha value is -3.17. The highest BCUT2D eigenvalue weighted by Crippen LogP contribution is 2.43. The number of hydrogen-bond acceptors (Lipinski definition) is 6. The van der Waals surface area contributed by atoms with Crippen molar-refractivity contribution in [1.82, 2.24) is 24.7 Å². The first-order valence-corrected chi connectivity index (χ1v) is 10.1. The molecule has 2 saturated heterocycles. The number of rotatable bonds is 4. The molecule has 3 aromatic rings. The number of nitrogens with zero attached hydrogens (tertiary/aromatic N) is 7. The molecule has 0 atom stereocenters. The Morgan fingerprint density at radius 1 is 1.16 bits per heavy atom. The number of allylic oxidation sites excluding steroid dienone is 1. The molecule has 2 aliphatic rings. The van der Waals surface area contributed by atoms with Crippen LogP contribution in [0.4, 0.5) is 24.7 Å². The first kappa shape index (κ1) is 19.8. The van der Waals surface area contributed by atoms with Gasteiger partial charge in [0.2, 0.25) is 0 Å². The van der Waals surface area contributed by atoms with Crippen LogP contribution in [0, 0.1) is 5.41 Å². The van der Waals surface area contributed by atoms with Gasteiger partial charge in [-0.2, -0.15) is 18.3 Å². The quantitative estimate of drug-likeness (QED) is 0.592. The van der Waals surface area contributed by atoms with Crippen molar-refractivity contribution in [3.05, 3.63) is 48.6 Å². The van der Waals surface area contributed by atoms with Crippen LogP contribution in [0.25, 0.3) is 11.2 Å². The summed E-state index contributed by atoms with van der Waals surface area (Å²) in [6.07, 6.45) is 1.22. The summed E-state index contributed by atoms with van der Waals surface area (Å²) in [7, 11) is 0. The predicted molar refractivity (Wildman–Crippen MR) is 111 cm³/mol. The summed E-state index contributed by atoms with van der Waals surface area (Å²) in [6, 6.07) is 2.76. The van der Waals surface area contributed by atoms with Crippen LogP contribution in [0.15, 0.2) is 42.9 Å². The summed E-state index contributed by atoms with van der Waals surface area (Å²) in [6.45, 7) is 9.54. The molecule has 0 N–H and O–H groups in total. The molecule has 10 heteroatoms. The average molecular weight is 429 g/mol. The van der Waals surface area contributed by atoms with E-state index in [-0.39, 0.29) is 5.41 Å². The van der Waals surface area contributed by atoms with E-state index in [0.29, 0.717) is 25.3 Å². The van der Waals surface area contributed by atoms with Gasteiger partial charge in [0.25, 0.3) is 0 Å². The maximum Gasteiger partial charge on any atom is 0.433 e. The molecule has 0 amide bonds. The van der Waals surface area contributed by atoms with E-state index >= 15 is 0 Å². The largest absolute Gasteiger partial charge is 0.433 e. The van der Waals surface area contributed by atoms with Crippen LogP contribution in [0.3, 0.4) is 0 Å². The van der Waals surface area contributed by atoms with Crippen LogP contribution in [0.1, 0.15) is 19.0 Å². The van der Waals surface area contributed by atoms with E-state index in [2.05, 4.69) is 26.5 Å². The van der Waals surface area contributed by atoms with Crippen LogP contribution < -0.4 is 9.80 Å². The minimum atomic E-state index is -4.43. The standard InChI is InChI=1S/C21H22F3N7/c1-14(2)10-31-19-16(8-27-31)26-9-18(28-19)29-6-4-20(11-29)12-30(13-20)15-3-5-25-17(7-15)21(22,23)24/h3,5,7-9H,1,4,6,10-13H2,2H3. The van der Waals surface area contributed by atoms with Crippen molar-refractivity contribution in [2.45, 2.75) is 26.1 Å². The fraction of sp³-hybridized carbons (Fsp3) is 0.429. The van der Waals surface area contributed by atoms with Crippen LogP contribution in [0.2, 0.25) is 0 Å². The van der Waals surface area contributed by atoms with Crippen molar-refractivity contribution in [3.8, 4) is 0 Å². The molecular weight excluding hydrogens is 407 g/mol. The van der Waals surface area contributed by atoms with Gasteiger partial charge >= 0.3 is 6.18 Å². The molecule has 5 rings (SSSR count). The smallest absolute Gasteiger partial charge is 0.370 e. The first-order chi connectivity index (χ1) is 14.7. The summed E-state index contributed by atoms with van der Waals surface area (Å²) < 4.78 is 40.7. The van der Waals surface area contributed by atoms with E-state index in [4.69, 9.17) is 4.98 Å². The fourth-order valence-corrected chi connectivity index (χ4v) is 4.47. The van der Waals surface area contributed by atoms with Crippen molar-refractivity contribution < 1.29 is 13.2 Å². The van der Waals surface area contributed by atoms with Crippen LogP contribution >= 0.6 is 0 Å². The van der Waals surface area contributed by atoms with Crippen molar-refractivity contribution >= 4 is 22.7 Å². The third-order valence-electron chi connectivity index (χ3n) is 5.97. The highest BCUT2D eigenvalue weighted by Gasteiger charge is 2.48. The minimum Gasteiger partial charge on any atom is -0.370 e. The summed E-state index contributed by atoms with van der Waals surface area (Å²) in [5.41, 5.74) is 2.22. The number of fused-ring (bicyclic) bond motifs is 1. The fourth-order valence-electron chi connectivity index (χ4n) is 4.47. The van der Waals surface area contributed by atoms with Gasteiger partial charge < -0.3 is 9.80 Å². The second-order valence-electron chi connectivity index (χ2n) is 8.62. The molecule has 2 aliphatic heterocycles. The number of halogens is 3. The normalized spacial score (nSPS) is 18.1. The second kappa shape index (κ2) is 6.93. The van der Waals surface area contributed by atoms with E-state index < -0.39 is 11.9 Å². The number of aromatic nitrogens is 5. The zero-order valence-corrected chi connectivity index (χ0v) is 17.1. The molecule has 5 heterocycles. The topological polar surface area (TPSA) is 63.0 Å². The van der Waals surface area contributed by atoms with E-state index in [0.717, 1.165) is 48.1 Å². The molecule has 31 heavy (non-hydrogen) atoms. The zero-order valence-electron chi connectivity index (χ0n) is 17.1. The van der Waals surface area contributed by atoms with E-state index in [1.165, 1.54) is 6.20 Å². The lowest BCUT2D eigenvalue weighted by Crippen LogP contribution is -2.57. The molecule has 0 radical (unpaired) electrons. The Morgan fingerprint density at radius 2 is 1.94 bits per heavy atom. The van der Waals surface area contributed by atoms with Gasteiger partial charge in [-0.25, -0.2) is 14.6 Å². The van der Waals surface area contributed by atoms with Crippen molar-refractivity contribution in [2.24, 2.45) is 5.41 Å². The van der Waals surface area contributed by atoms with Gasteiger partial charge in [0.05, 0.1) is 18.9 Å². The van der Waals surface area contributed by atoms with Gasteiger partial charge in [0, 0.05) is 43.5 Å². The van der Waals surface area contributed by atoms with Crippen LogP contribution in [-0.2, 0) is 12.7 Å². The van der Waals surface area contributed by atoms with Gasteiger partial charge in [0.15, 0.2) is 5.65 Å². The van der Waals surface area contributed by atoms with Gasteiger partial charge in [-0.05, 0) is 25.5 Å². The highest BCUT2D eigenvalue weighted by atomic mass is 19.4. The lowest BCUT2D eigenvalue weighted by atomic mass is 9.79. The monoisotopic (exact) mass is 429 g/mol. The number of pyridine rings is 1. The van der Waals surface area contributed by atoms with Crippen molar-refractivity contribution in [1.29, 1.82) is 0 Å². The third kappa shape index (κ3) is 3.60. The molecule has 0 bridgehead atoms. The third-order valence-corrected chi connectivity index (χ3v) is 5.97. The summed E-state index contributed by atoms with van der Waals surface area (Å²) in [5.74, 6) is 0.801. The Labute approximate surface area is 177 Å². The second-order valence-corrected chi connectivity index (χ2v) is 8.62. The van der Waals surface area contributed by atoms with E-state index in [1.54, 1.807) is 23.1 Å². The molecule has 0 saturated carbocycles. The molecule has 7 nitrogen and oxygen atoms in total. The van der Waals surface area contributed by atoms with Crippen LogP contribution in [0.5, 0.6) is 0 Å². The lowest BCUT2D eigenvalue weighted by molar-refractivity contribution is -0.141. The van der Waals surface area contributed by atoms with E-state index in [9.17, 15) is 13.2 Å². The maximum absolute atomic E-state index is 13.0. The summed E-state index contributed by atoms with van der Waals surface area (Å²) >= 11 is 0. The van der Waals surface area contributed by atoms with Crippen LogP contribution in [-0.4, -0.2) is 50.9 Å². The number of hydrogen-bond donors (Lipinski definition) is 0. The highest BCUT2D eigenvalue weighted by molar-refractivity contribution is 5.71. The average Bonchev–Trinajstić information content (AvgIpc) is 3.31.